The van der Waals surface area contributed by atoms with E-state index < -0.39 is 84.6 Å². The van der Waals surface area contributed by atoms with Crippen molar-refractivity contribution in [3.05, 3.63) is 61.3 Å². The first-order chi connectivity index (χ1) is 30.6. The number of thioether (sulfide) groups is 1. The number of ether oxygens (including phenoxy) is 1. The van der Waals surface area contributed by atoms with E-state index in [-0.39, 0.29) is 41.6 Å². The Bertz CT molecular complexity index is 2150. The Labute approximate surface area is 379 Å². The molecule has 0 radical (unpaired) electrons. The lowest BCUT2D eigenvalue weighted by Gasteiger charge is -2.30. The third-order valence-electron chi connectivity index (χ3n) is 9.00. The zero-order chi connectivity index (χ0) is 48.3. The second-order valence-electron chi connectivity index (χ2n) is 14.8. The number of imidazole rings is 1. The van der Waals surface area contributed by atoms with Crippen molar-refractivity contribution in [1.82, 2.24) is 30.2 Å². The molecule has 364 valence electrons. The third-order valence-corrected chi connectivity index (χ3v) is 13.0. The number of carbonyl (C=O) groups excluding carboxylic acids is 3. The van der Waals surface area contributed by atoms with Gasteiger partial charge in [0.1, 0.15) is 36.3 Å². The first-order valence-corrected chi connectivity index (χ1v) is 25.7. The second kappa shape index (κ2) is 26.8. The number of nitrogens with one attached hydrogen (secondary N) is 2. The van der Waals surface area contributed by atoms with E-state index in [0.717, 1.165) is 54.7 Å². The highest BCUT2D eigenvalue weighted by molar-refractivity contribution is 8.13. The Morgan fingerprint density at radius 1 is 0.923 bits per heavy atom. The molecule has 3 heterocycles. The van der Waals surface area contributed by atoms with Crippen LogP contribution in [0.5, 0.6) is 0 Å². The minimum Gasteiger partial charge on any atom is -0.386 e. The lowest BCUT2D eigenvalue weighted by Crippen LogP contribution is -2.46. The number of rotatable bonds is 29. The van der Waals surface area contributed by atoms with Gasteiger partial charge in [-0.2, -0.15) is 4.31 Å². The molecule has 24 nitrogen and oxygen atoms in total. The van der Waals surface area contributed by atoms with Crippen LogP contribution < -0.4 is 16.4 Å². The molecule has 2 unspecified atom stereocenters. The number of hydrogen-bond donors (Lipinski definition) is 9. The summed E-state index contributed by atoms with van der Waals surface area (Å²) in [5.41, 5.74) is 4.27. The number of phosphoric acid groups is 3. The lowest BCUT2D eigenvalue weighted by molar-refractivity contribution is -0.137. The van der Waals surface area contributed by atoms with E-state index in [0.29, 0.717) is 18.6 Å². The number of carbonyl (C=O) groups is 3. The van der Waals surface area contributed by atoms with Gasteiger partial charge in [-0.3, -0.25) is 32.5 Å². The Kier molecular flexibility index (Phi) is 23.0. The van der Waals surface area contributed by atoms with E-state index in [1.165, 1.54) is 13.8 Å². The predicted molar refractivity (Wildman–Crippen MR) is 237 cm³/mol. The summed E-state index contributed by atoms with van der Waals surface area (Å²) in [6, 6.07) is 0. The number of amides is 2. The molecule has 0 aliphatic carbocycles. The monoisotopic (exact) mass is 997 g/mol. The molecule has 0 saturated carbocycles. The van der Waals surface area contributed by atoms with Crippen molar-refractivity contribution >= 4 is 69.1 Å². The molecule has 2 amide bonds. The minimum absolute atomic E-state index is 0.0152. The number of allylic oxidation sites excluding steroid dienone is 8. The van der Waals surface area contributed by atoms with E-state index in [1.807, 2.05) is 12.2 Å². The summed E-state index contributed by atoms with van der Waals surface area (Å²) in [4.78, 5) is 88.1. The van der Waals surface area contributed by atoms with E-state index in [2.05, 4.69) is 77.8 Å². The molecule has 0 bridgehead atoms. The maximum absolute atomic E-state index is 12.7. The van der Waals surface area contributed by atoms with Crippen molar-refractivity contribution in [3.63, 3.8) is 0 Å². The van der Waals surface area contributed by atoms with Crippen LogP contribution in [-0.4, -0.2) is 123 Å². The largest absolute Gasteiger partial charge is 0.481 e. The molecule has 3 rings (SSSR count). The van der Waals surface area contributed by atoms with Crippen molar-refractivity contribution in [1.29, 1.82) is 0 Å². The summed E-state index contributed by atoms with van der Waals surface area (Å²) < 4.78 is 62.3. The Morgan fingerprint density at radius 3 is 2.20 bits per heavy atom. The second-order valence-corrected chi connectivity index (χ2v) is 20.2. The predicted octanol–water partition coefficient (Wildman–Crippen LogP) is 3.25. The first-order valence-electron chi connectivity index (χ1n) is 20.2. The number of anilines is 1. The average Bonchev–Trinajstić information content (AvgIpc) is 3.79. The lowest BCUT2D eigenvalue weighted by atomic mass is 9.87. The Morgan fingerprint density at radius 2 is 1.55 bits per heavy atom. The molecule has 28 heteroatoms. The molecular weight excluding hydrogens is 939 g/mol. The fourth-order valence-electron chi connectivity index (χ4n) is 5.67. The van der Waals surface area contributed by atoms with Gasteiger partial charge in [0.2, 0.25) is 11.8 Å². The SMILES string of the molecule is CC/C=C\C/C=C\C/C=C\C/C=C\CCC(=O)SCCNC(=O)CCNC(=O)[C@H](O)C(C)(C)COP(=O)(O)OP(=O)(O)OC[C@H]1O[C@@H](n2cnc3c(N)ncnc32)[C@H](O)[C@@H]1OP(=O)(O)O. The molecule has 1 fully saturated rings. The number of aliphatic hydroxyl groups excluding tert-OH is 2. The highest BCUT2D eigenvalue weighted by Crippen LogP contribution is 2.61. The van der Waals surface area contributed by atoms with Crippen LogP contribution in [0.25, 0.3) is 11.2 Å². The topological polar surface area (TPSA) is 364 Å². The fourth-order valence-corrected chi connectivity index (χ4v) is 9.19. The molecule has 1 aliphatic heterocycles. The van der Waals surface area contributed by atoms with Gasteiger partial charge in [0.15, 0.2) is 22.8 Å². The normalized spacial score (nSPS) is 20.8. The number of phosphoric ester groups is 3. The van der Waals surface area contributed by atoms with Crippen LogP contribution in [0.4, 0.5) is 5.82 Å². The molecule has 1 saturated heterocycles. The summed E-state index contributed by atoms with van der Waals surface area (Å²) in [7, 11) is -16.4. The molecule has 0 spiro atoms. The van der Waals surface area contributed by atoms with Crippen LogP contribution in [0.3, 0.4) is 0 Å². The third kappa shape index (κ3) is 20.1. The number of aromatic nitrogens is 4. The van der Waals surface area contributed by atoms with Crippen molar-refractivity contribution in [2.75, 3.05) is 37.8 Å². The minimum atomic E-state index is -5.58. The van der Waals surface area contributed by atoms with Crippen LogP contribution in [0.2, 0.25) is 0 Å². The van der Waals surface area contributed by atoms with Gasteiger partial charge >= 0.3 is 23.5 Å². The smallest absolute Gasteiger partial charge is 0.386 e. The average molecular weight is 998 g/mol. The molecule has 7 atom stereocenters. The van der Waals surface area contributed by atoms with E-state index in [1.54, 1.807) is 0 Å². The van der Waals surface area contributed by atoms with Crippen molar-refractivity contribution in [2.45, 2.75) is 96.4 Å². The molecule has 65 heavy (non-hydrogen) atoms. The summed E-state index contributed by atoms with van der Waals surface area (Å²) in [5.74, 6) is -1.11. The summed E-state index contributed by atoms with van der Waals surface area (Å²) >= 11 is 1.09. The first kappa shape index (κ1) is 55.8. The van der Waals surface area contributed by atoms with E-state index in [9.17, 15) is 57.9 Å². The van der Waals surface area contributed by atoms with Crippen LogP contribution in [0, 0.1) is 5.41 Å². The fraction of sp³-hybridized carbons (Fsp3) is 0.568. The van der Waals surface area contributed by atoms with Crippen LogP contribution in [0.1, 0.15) is 71.9 Å². The van der Waals surface area contributed by atoms with Gasteiger partial charge in [0, 0.05) is 37.1 Å². The van der Waals surface area contributed by atoms with E-state index >= 15 is 0 Å². The number of fused-ring (bicyclic) bond motifs is 1. The maximum Gasteiger partial charge on any atom is 0.481 e. The quantitative estimate of drug-likeness (QED) is 0.0321. The molecule has 2 aromatic rings. The van der Waals surface area contributed by atoms with Gasteiger partial charge in [-0.25, -0.2) is 28.6 Å². The van der Waals surface area contributed by atoms with Crippen molar-refractivity contribution in [3.8, 4) is 0 Å². The summed E-state index contributed by atoms with van der Waals surface area (Å²) in [5, 5.41) is 26.5. The van der Waals surface area contributed by atoms with Gasteiger partial charge in [-0.05, 0) is 32.1 Å². The van der Waals surface area contributed by atoms with Gasteiger partial charge in [0.05, 0.1) is 19.5 Å². The van der Waals surface area contributed by atoms with Crippen LogP contribution in [-0.2, 0) is 50.7 Å². The van der Waals surface area contributed by atoms with Crippen molar-refractivity contribution in [2.24, 2.45) is 5.41 Å². The molecule has 10 N–H and O–H groups in total. The zero-order valence-electron chi connectivity index (χ0n) is 35.9. The highest BCUT2D eigenvalue weighted by atomic mass is 32.2. The number of aliphatic hydroxyl groups is 2. The molecule has 1 aliphatic rings. The number of nitrogen functional groups attached to an aromatic ring is 1. The van der Waals surface area contributed by atoms with Gasteiger partial charge < -0.3 is 50.9 Å². The number of hydrogen-bond acceptors (Lipinski definition) is 18. The van der Waals surface area contributed by atoms with Gasteiger partial charge in [-0.1, -0.05) is 81.1 Å². The van der Waals surface area contributed by atoms with Crippen LogP contribution >= 0.6 is 35.2 Å². The Hall–Kier alpha value is -3.48. The zero-order valence-corrected chi connectivity index (χ0v) is 39.4. The summed E-state index contributed by atoms with van der Waals surface area (Å²) in [6.07, 6.45) is 14.3. The highest BCUT2D eigenvalue weighted by Gasteiger charge is 2.50. The van der Waals surface area contributed by atoms with Gasteiger partial charge in [-0.15, -0.1) is 0 Å². The van der Waals surface area contributed by atoms with E-state index in [4.69, 9.17) is 19.5 Å². The standard InChI is InChI=1S/C37H58N7O17P3S/c1-4-5-6-7-8-9-10-11-12-13-14-15-16-17-28(46)65-21-20-39-27(45)18-19-40-35(49)32(48)37(2,3)23-58-64(55,56)61-63(53,54)57-22-26-31(60-62(50,51)52)30(47)36(59-26)44-25-43-29-33(38)41-24-42-34(29)44/h5-6,8-9,11-12,14-15,24-26,30-32,36,47-48H,4,7,10,13,16-23H2,1-3H3,(H,39,45)(H,40,49)(H,53,54)(H,55,56)(H2,38,41,42)(H2,50,51,52)/b6-5-,9-8-,12-11-,15-14-/t26-,30-,31-,32+,36-/m1/s1. The molecular formula is C37H58N7O17P3S. The Balaban J connectivity index is 1.35. The molecule has 0 aromatic carbocycles. The summed E-state index contributed by atoms with van der Waals surface area (Å²) in [6.45, 7) is 2.59. The van der Waals surface area contributed by atoms with Crippen molar-refractivity contribution < 1.29 is 80.5 Å². The number of nitrogens with two attached hydrogens (primary N) is 1. The number of nitrogens with zero attached hydrogens (tertiary/aromatic N) is 4. The van der Waals surface area contributed by atoms with Gasteiger partial charge in [0.25, 0.3) is 0 Å². The van der Waals surface area contributed by atoms with Crippen LogP contribution in [0.15, 0.2) is 61.3 Å². The molecule has 2 aromatic heterocycles. The maximum atomic E-state index is 12.7.